The Kier molecular flexibility index (Phi) is 4.56. The summed E-state index contributed by atoms with van der Waals surface area (Å²) in [5.74, 6) is -0.0298. The molecule has 0 amide bonds. The molecule has 0 aliphatic heterocycles. The molecule has 2 nitrogen and oxygen atoms in total. The first-order chi connectivity index (χ1) is 9.10. The molecule has 0 fully saturated rings. The Morgan fingerprint density at radius 1 is 1.21 bits per heavy atom. The summed E-state index contributed by atoms with van der Waals surface area (Å²) in [4.78, 5) is 2.66. The van der Waals surface area contributed by atoms with Crippen LogP contribution in [0.4, 0.5) is 4.39 Å². The molecule has 1 N–H and O–H groups in total. The van der Waals surface area contributed by atoms with E-state index in [1.165, 1.54) is 28.5 Å². The summed E-state index contributed by atoms with van der Waals surface area (Å²) >= 11 is 1.80. The normalized spacial score (nSPS) is 10.7. The van der Waals surface area contributed by atoms with Crippen LogP contribution in [0.1, 0.15) is 20.9 Å². The average molecular weight is 279 g/mol. The van der Waals surface area contributed by atoms with Crippen molar-refractivity contribution >= 4 is 11.3 Å². The maximum absolute atomic E-state index is 13.5. The maximum atomic E-state index is 13.5. The maximum Gasteiger partial charge on any atom is 0.165 e. The van der Waals surface area contributed by atoms with E-state index in [4.69, 9.17) is 4.74 Å². The molecule has 0 bridgehead atoms. The average Bonchev–Trinajstić information content (AvgIpc) is 2.69. The number of thiophene rings is 1. The Bertz CT molecular complexity index is 546. The van der Waals surface area contributed by atoms with Crippen molar-refractivity contribution in [2.24, 2.45) is 0 Å². The van der Waals surface area contributed by atoms with Gasteiger partial charge >= 0.3 is 0 Å². The summed E-state index contributed by atoms with van der Waals surface area (Å²) in [7, 11) is 1.47. The first kappa shape index (κ1) is 14.0. The quantitative estimate of drug-likeness (QED) is 0.899. The van der Waals surface area contributed by atoms with E-state index < -0.39 is 0 Å². The third-order valence-electron chi connectivity index (χ3n) is 3.06. The van der Waals surface area contributed by atoms with Crippen LogP contribution in [0.25, 0.3) is 0 Å². The lowest BCUT2D eigenvalue weighted by Gasteiger charge is -2.06. The number of halogens is 1. The largest absolute Gasteiger partial charge is 0.494 e. The van der Waals surface area contributed by atoms with E-state index in [9.17, 15) is 4.39 Å². The highest BCUT2D eigenvalue weighted by Gasteiger charge is 2.04. The van der Waals surface area contributed by atoms with Gasteiger partial charge in [0.05, 0.1) is 7.11 Å². The van der Waals surface area contributed by atoms with Gasteiger partial charge in [0.25, 0.3) is 0 Å². The zero-order chi connectivity index (χ0) is 13.8. The van der Waals surface area contributed by atoms with Gasteiger partial charge in [-0.05, 0) is 43.2 Å². The summed E-state index contributed by atoms with van der Waals surface area (Å²) in [5, 5.41) is 3.33. The van der Waals surface area contributed by atoms with Gasteiger partial charge in [-0.1, -0.05) is 6.07 Å². The van der Waals surface area contributed by atoms with E-state index in [2.05, 4.69) is 25.2 Å². The first-order valence-electron chi connectivity index (χ1n) is 6.19. The predicted octanol–water partition coefficient (Wildman–Crippen LogP) is 3.80. The van der Waals surface area contributed by atoms with Crippen LogP contribution in [-0.4, -0.2) is 7.11 Å². The highest BCUT2D eigenvalue weighted by Crippen LogP contribution is 2.21. The molecule has 19 heavy (non-hydrogen) atoms. The molecule has 1 aromatic carbocycles. The van der Waals surface area contributed by atoms with E-state index >= 15 is 0 Å². The predicted molar refractivity (Wildman–Crippen MR) is 77.3 cm³/mol. The topological polar surface area (TPSA) is 21.3 Å². The minimum absolute atomic E-state index is 0.285. The van der Waals surface area contributed by atoms with E-state index in [-0.39, 0.29) is 11.6 Å². The van der Waals surface area contributed by atoms with Crippen LogP contribution in [-0.2, 0) is 13.1 Å². The standard InChI is InChI=1S/C15H18FNOS/c1-10-6-13(19-11(10)2)9-17-8-12-4-5-15(18-3)14(16)7-12/h4-7,17H,8-9H2,1-3H3. The molecule has 0 spiro atoms. The van der Waals surface area contributed by atoms with Gasteiger partial charge in [0.2, 0.25) is 0 Å². The van der Waals surface area contributed by atoms with E-state index in [0.717, 1.165) is 12.1 Å². The molecule has 0 radical (unpaired) electrons. The van der Waals surface area contributed by atoms with Crippen molar-refractivity contribution in [3.63, 3.8) is 0 Å². The van der Waals surface area contributed by atoms with Crippen LogP contribution in [0.5, 0.6) is 5.75 Å². The zero-order valence-electron chi connectivity index (χ0n) is 11.4. The Morgan fingerprint density at radius 3 is 2.58 bits per heavy atom. The van der Waals surface area contributed by atoms with Crippen molar-refractivity contribution in [1.82, 2.24) is 5.32 Å². The fraction of sp³-hybridized carbons (Fsp3) is 0.333. The molecule has 4 heteroatoms. The fourth-order valence-corrected chi connectivity index (χ4v) is 2.91. The number of hydrogen-bond donors (Lipinski definition) is 1. The van der Waals surface area contributed by atoms with E-state index in [1.807, 2.05) is 6.07 Å². The van der Waals surface area contributed by atoms with Gasteiger partial charge in [0.15, 0.2) is 11.6 Å². The van der Waals surface area contributed by atoms with E-state index in [1.54, 1.807) is 17.4 Å². The minimum atomic E-state index is -0.315. The molecule has 0 saturated carbocycles. The molecule has 0 atom stereocenters. The zero-order valence-corrected chi connectivity index (χ0v) is 12.2. The number of ether oxygens (including phenoxy) is 1. The number of hydrogen-bond acceptors (Lipinski definition) is 3. The van der Waals surface area contributed by atoms with Crippen molar-refractivity contribution in [1.29, 1.82) is 0 Å². The second-order valence-corrected chi connectivity index (χ2v) is 5.87. The summed E-state index contributed by atoms with van der Waals surface area (Å²) in [6, 6.07) is 7.24. The molecule has 2 rings (SSSR count). The summed E-state index contributed by atoms with van der Waals surface area (Å²) in [6.07, 6.45) is 0. The van der Waals surface area contributed by atoms with Gasteiger partial charge in [-0.2, -0.15) is 0 Å². The Labute approximate surface area is 117 Å². The molecule has 0 aliphatic carbocycles. The molecule has 0 unspecified atom stereocenters. The van der Waals surface area contributed by atoms with Crippen LogP contribution in [0.15, 0.2) is 24.3 Å². The van der Waals surface area contributed by atoms with Crippen molar-refractivity contribution in [3.05, 3.63) is 51.0 Å². The van der Waals surface area contributed by atoms with Crippen LogP contribution in [0, 0.1) is 19.7 Å². The summed E-state index contributed by atoms with van der Waals surface area (Å²) < 4.78 is 18.4. The molecule has 2 aromatic rings. The van der Waals surface area contributed by atoms with Crippen LogP contribution in [0.2, 0.25) is 0 Å². The number of benzene rings is 1. The lowest BCUT2D eigenvalue weighted by atomic mass is 10.2. The molecular formula is C15H18FNOS. The van der Waals surface area contributed by atoms with Crippen molar-refractivity contribution in [3.8, 4) is 5.75 Å². The monoisotopic (exact) mass is 279 g/mol. The lowest BCUT2D eigenvalue weighted by Crippen LogP contribution is -2.11. The van der Waals surface area contributed by atoms with Gasteiger partial charge in [-0.15, -0.1) is 11.3 Å². The third kappa shape index (κ3) is 3.55. The molecule has 1 heterocycles. The SMILES string of the molecule is COc1ccc(CNCc2cc(C)c(C)s2)cc1F. The number of rotatable bonds is 5. The fourth-order valence-electron chi connectivity index (χ4n) is 1.89. The van der Waals surface area contributed by atoms with Gasteiger partial charge in [0, 0.05) is 22.8 Å². The van der Waals surface area contributed by atoms with Gasteiger partial charge in [-0.25, -0.2) is 4.39 Å². The first-order valence-corrected chi connectivity index (χ1v) is 7.01. The summed E-state index contributed by atoms with van der Waals surface area (Å²) in [6.45, 7) is 5.71. The van der Waals surface area contributed by atoms with Gasteiger partial charge in [-0.3, -0.25) is 0 Å². The Hall–Kier alpha value is -1.39. The molecular weight excluding hydrogens is 261 g/mol. The van der Waals surface area contributed by atoms with Gasteiger partial charge < -0.3 is 10.1 Å². The second-order valence-electron chi connectivity index (χ2n) is 4.52. The van der Waals surface area contributed by atoms with Crippen molar-refractivity contribution < 1.29 is 9.13 Å². The Morgan fingerprint density at radius 2 is 2.00 bits per heavy atom. The lowest BCUT2D eigenvalue weighted by molar-refractivity contribution is 0.386. The number of aryl methyl sites for hydroxylation is 2. The van der Waals surface area contributed by atoms with Crippen LogP contribution >= 0.6 is 11.3 Å². The number of nitrogens with one attached hydrogen (secondary N) is 1. The van der Waals surface area contributed by atoms with Crippen molar-refractivity contribution in [2.75, 3.05) is 7.11 Å². The minimum Gasteiger partial charge on any atom is -0.494 e. The van der Waals surface area contributed by atoms with Crippen LogP contribution < -0.4 is 10.1 Å². The summed E-state index contributed by atoms with van der Waals surface area (Å²) in [5.41, 5.74) is 2.25. The smallest absolute Gasteiger partial charge is 0.165 e. The molecule has 1 aromatic heterocycles. The van der Waals surface area contributed by atoms with E-state index in [0.29, 0.717) is 6.54 Å². The third-order valence-corrected chi connectivity index (χ3v) is 4.21. The number of methoxy groups -OCH3 is 1. The highest BCUT2D eigenvalue weighted by atomic mass is 32.1. The molecule has 0 saturated heterocycles. The molecule has 102 valence electrons. The van der Waals surface area contributed by atoms with Crippen molar-refractivity contribution in [2.45, 2.75) is 26.9 Å². The second kappa shape index (κ2) is 6.17. The Balaban J connectivity index is 1.90. The van der Waals surface area contributed by atoms with Gasteiger partial charge in [0.1, 0.15) is 0 Å². The highest BCUT2D eigenvalue weighted by molar-refractivity contribution is 7.12. The van der Waals surface area contributed by atoms with Crippen LogP contribution in [0.3, 0.4) is 0 Å². The molecule has 0 aliphatic rings.